The lowest BCUT2D eigenvalue weighted by Crippen LogP contribution is -2.09. The Kier molecular flexibility index (Phi) is 4.74. The highest BCUT2D eigenvalue weighted by molar-refractivity contribution is 6.32. The van der Waals surface area contributed by atoms with Crippen LogP contribution >= 0.6 is 11.6 Å². The van der Waals surface area contributed by atoms with Crippen molar-refractivity contribution in [2.24, 2.45) is 0 Å². The molecule has 0 atom stereocenters. The maximum Gasteiger partial charge on any atom is 0.138 e. The van der Waals surface area contributed by atoms with Gasteiger partial charge in [-0.3, -0.25) is 0 Å². The summed E-state index contributed by atoms with van der Waals surface area (Å²) in [6, 6.07) is 11.3. The predicted molar refractivity (Wildman–Crippen MR) is 82.8 cm³/mol. The Hall–Kier alpha value is -1.87. The lowest BCUT2D eigenvalue weighted by Gasteiger charge is -2.11. The molecule has 0 radical (unpaired) electrons. The Balaban J connectivity index is 1.84. The third-order valence-corrected chi connectivity index (χ3v) is 3.26. The SMILES string of the molecule is Cc1ccc(Cl)c(OCCOc2ccc(C)c(N)c2)c1. The molecule has 2 aromatic rings. The molecule has 0 unspecified atom stereocenters. The van der Waals surface area contributed by atoms with Crippen molar-refractivity contribution < 1.29 is 9.47 Å². The average Bonchev–Trinajstić information content (AvgIpc) is 2.42. The van der Waals surface area contributed by atoms with Crippen LogP contribution < -0.4 is 15.2 Å². The first-order valence-electron chi connectivity index (χ1n) is 6.44. The van der Waals surface area contributed by atoms with Crippen molar-refractivity contribution in [2.45, 2.75) is 13.8 Å². The second kappa shape index (κ2) is 6.53. The van der Waals surface area contributed by atoms with Crippen LogP contribution in [0.15, 0.2) is 36.4 Å². The Morgan fingerprint density at radius 2 is 1.75 bits per heavy atom. The zero-order valence-corrected chi connectivity index (χ0v) is 12.4. The molecule has 0 bridgehead atoms. The molecule has 0 aliphatic carbocycles. The minimum absolute atomic E-state index is 0.428. The minimum Gasteiger partial charge on any atom is -0.490 e. The van der Waals surface area contributed by atoms with Gasteiger partial charge in [0, 0.05) is 11.8 Å². The van der Waals surface area contributed by atoms with E-state index in [9.17, 15) is 0 Å². The van der Waals surface area contributed by atoms with Gasteiger partial charge in [-0.2, -0.15) is 0 Å². The molecule has 0 spiro atoms. The molecule has 4 heteroatoms. The smallest absolute Gasteiger partial charge is 0.138 e. The van der Waals surface area contributed by atoms with Crippen molar-refractivity contribution in [3.8, 4) is 11.5 Å². The zero-order chi connectivity index (χ0) is 14.5. The quantitative estimate of drug-likeness (QED) is 0.669. The van der Waals surface area contributed by atoms with Crippen LogP contribution in [0.2, 0.25) is 5.02 Å². The second-order valence-electron chi connectivity index (χ2n) is 4.65. The van der Waals surface area contributed by atoms with Gasteiger partial charge in [-0.1, -0.05) is 23.7 Å². The van der Waals surface area contributed by atoms with Gasteiger partial charge in [-0.05, 0) is 43.2 Å². The number of nitrogen functional groups attached to an aromatic ring is 1. The summed E-state index contributed by atoms with van der Waals surface area (Å²) < 4.78 is 11.2. The van der Waals surface area contributed by atoms with E-state index in [0.717, 1.165) is 22.6 Å². The molecular formula is C16H18ClNO2. The fourth-order valence-electron chi connectivity index (χ4n) is 1.74. The molecule has 3 nitrogen and oxygen atoms in total. The van der Waals surface area contributed by atoms with Crippen LogP contribution in [0.5, 0.6) is 11.5 Å². The first-order valence-corrected chi connectivity index (χ1v) is 6.82. The summed E-state index contributed by atoms with van der Waals surface area (Å²) in [7, 11) is 0. The standard InChI is InChI=1S/C16H18ClNO2/c1-11-3-6-14(17)16(9-11)20-8-7-19-13-5-4-12(2)15(18)10-13/h3-6,9-10H,7-8,18H2,1-2H3. The molecule has 20 heavy (non-hydrogen) atoms. The maximum atomic E-state index is 6.05. The van der Waals surface area contributed by atoms with Gasteiger partial charge in [-0.25, -0.2) is 0 Å². The molecule has 0 saturated carbocycles. The third kappa shape index (κ3) is 3.81. The van der Waals surface area contributed by atoms with E-state index in [-0.39, 0.29) is 0 Å². The number of nitrogens with two attached hydrogens (primary N) is 1. The van der Waals surface area contributed by atoms with Crippen molar-refractivity contribution in [1.82, 2.24) is 0 Å². The molecule has 0 aliphatic rings. The monoisotopic (exact) mass is 291 g/mol. The highest BCUT2D eigenvalue weighted by Crippen LogP contribution is 2.25. The van der Waals surface area contributed by atoms with Gasteiger partial charge in [0.2, 0.25) is 0 Å². The van der Waals surface area contributed by atoms with E-state index in [0.29, 0.717) is 24.0 Å². The first-order chi connectivity index (χ1) is 9.56. The lowest BCUT2D eigenvalue weighted by atomic mass is 10.2. The van der Waals surface area contributed by atoms with E-state index in [1.807, 2.05) is 50.2 Å². The molecule has 2 N–H and O–H groups in total. The molecule has 0 heterocycles. The highest BCUT2D eigenvalue weighted by Gasteiger charge is 2.02. The van der Waals surface area contributed by atoms with E-state index in [4.69, 9.17) is 26.8 Å². The van der Waals surface area contributed by atoms with Crippen LogP contribution in [0.3, 0.4) is 0 Å². The van der Waals surface area contributed by atoms with Gasteiger partial charge in [0.1, 0.15) is 24.7 Å². The molecule has 0 amide bonds. The largest absolute Gasteiger partial charge is 0.490 e. The topological polar surface area (TPSA) is 44.5 Å². The summed E-state index contributed by atoms with van der Waals surface area (Å²) in [6.45, 7) is 4.82. The number of halogens is 1. The van der Waals surface area contributed by atoms with Gasteiger partial charge < -0.3 is 15.2 Å². The Labute approximate surface area is 124 Å². The zero-order valence-electron chi connectivity index (χ0n) is 11.7. The van der Waals surface area contributed by atoms with Crippen LogP contribution in [0.1, 0.15) is 11.1 Å². The summed E-state index contributed by atoms with van der Waals surface area (Å²) in [6.07, 6.45) is 0. The van der Waals surface area contributed by atoms with E-state index >= 15 is 0 Å². The summed E-state index contributed by atoms with van der Waals surface area (Å²) >= 11 is 6.05. The molecule has 0 aromatic heterocycles. The van der Waals surface area contributed by atoms with Crippen LogP contribution in [0.4, 0.5) is 5.69 Å². The Morgan fingerprint density at radius 1 is 1.00 bits per heavy atom. The van der Waals surface area contributed by atoms with Crippen LogP contribution in [-0.4, -0.2) is 13.2 Å². The molecule has 2 rings (SSSR count). The van der Waals surface area contributed by atoms with E-state index in [1.165, 1.54) is 0 Å². The maximum absolute atomic E-state index is 6.05. The van der Waals surface area contributed by atoms with Crippen molar-refractivity contribution in [1.29, 1.82) is 0 Å². The van der Waals surface area contributed by atoms with Crippen molar-refractivity contribution in [2.75, 3.05) is 18.9 Å². The van der Waals surface area contributed by atoms with Crippen LogP contribution in [-0.2, 0) is 0 Å². The van der Waals surface area contributed by atoms with Gasteiger partial charge in [0.25, 0.3) is 0 Å². The number of aryl methyl sites for hydroxylation is 2. The van der Waals surface area contributed by atoms with Gasteiger partial charge in [0.05, 0.1) is 5.02 Å². The first kappa shape index (κ1) is 14.5. The average molecular weight is 292 g/mol. The summed E-state index contributed by atoms with van der Waals surface area (Å²) in [5, 5.41) is 0.607. The normalized spacial score (nSPS) is 10.3. The number of anilines is 1. The predicted octanol–water partition coefficient (Wildman–Crippen LogP) is 4.00. The lowest BCUT2D eigenvalue weighted by molar-refractivity contribution is 0.217. The van der Waals surface area contributed by atoms with Gasteiger partial charge in [-0.15, -0.1) is 0 Å². The van der Waals surface area contributed by atoms with Gasteiger partial charge >= 0.3 is 0 Å². The molecule has 106 valence electrons. The van der Waals surface area contributed by atoms with E-state index < -0.39 is 0 Å². The number of hydrogen-bond donors (Lipinski definition) is 1. The third-order valence-electron chi connectivity index (χ3n) is 2.95. The number of rotatable bonds is 5. The summed E-state index contributed by atoms with van der Waals surface area (Å²) in [5.41, 5.74) is 8.70. The summed E-state index contributed by atoms with van der Waals surface area (Å²) in [4.78, 5) is 0. The number of ether oxygens (including phenoxy) is 2. The summed E-state index contributed by atoms with van der Waals surface area (Å²) in [5.74, 6) is 1.42. The van der Waals surface area contributed by atoms with Crippen molar-refractivity contribution in [3.63, 3.8) is 0 Å². The fraction of sp³-hybridized carbons (Fsp3) is 0.250. The number of hydrogen-bond acceptors (Lipinski definition) is 3. The number of benzene rings is 2. The van der Waals surface area contributed by atoms with Gasteiger partial charge in [0.15, 0.2) is 0 Å². The van der Waals surface area contributed by atoms with E-state index in [2.05, 4.69) is 0 Å². The molecule has 0 aliphatic heterocycles. The molecule has 0 fully saturated rings. The fourth-order valence-corrected chi connectivity index (χ4v) is 1.91. The van der Waals surface area contributed by atoms with Crippen LogP contribution in [0.25, 0.3) is 0 Å². The molecular weight excluding hydrogens is 274 g/mol. The Morgan fingerprint density at radius 3 is 2.50 bits per heavy atom. The molecule has 2 aromatic carbocycles. The minimum atomic E-state index is 0.428. The molecule has 0 saturated heterocycles. The second-order valence-corrected chi connectivity index (χ2v) is 5.06. The van der Waals surface area contributed by atoms with Crippen molar-refractivity contribution >= 4 is 17.3 Å². The Bertz CT molecular complexity index is 599. The van der Waals surface area contributed by atoms with Crippen molar-refractivity contribution in [3.05, 3.63) is 52.5 Å². The van der Waals surface area contributed by atoms with Crippen LogP contribution in [0, 0.1) is 13.8 Å². The van der Waals surface area contributed by atoms with E-state index in [1.54, 1.807) is 0 Å². The highest BCUT2D eigenvalue weighted by atomic mass is 35.5.